The Morgan fingerprint density at radius 3 is 1.97 bits per heavy atom. The normalized spacial score (nSPS) is 14.6. The van der Waals surface area contributed by atoms with Crippen molar-refractivity contribution in [2.75, 3.05) is 19.6 Å². The molecule has 4 aromatic rings. The first-order valence-electron chi connectivity index (χ1n) is 13.4. The molecule has 36 heavy (non-hydrogen) atoms. The summed E-state index contributed by atoms with van der Waals surface area (Å²) >= 11 is 0. The minimum Gasteiger partial charge on any atom is -0.349 e. The number of nitrogens with zero attached hydrogens (tertiary/aromatic N) is 2. The Morgan fingerprint density at radius 1 is 0.778 bits per heavy atom. The molecule has 1 aliphatic rings. The van der Waals surface area contributed by atoms with Crippen molar-refractivity contribution in [2.24, 2.45) is 0 Å². The van der Waals surface area contributed by atoms with Crippen LogP contribution in [-0.4, -0.2) is 41.1 Å². The molecule has 0 saturated carbocycles. The van der Waals surface area contributed by atoms with Crippen LogP contribution in [0.4, 0.5) is 0 Å². The van der Waals surface area contributed by atoms with Crippen LogP contribution in [0.1, 0.15) is 66.2 Å². The first-order valence-corrected chi connectivity index (χ1v) is 13.4. The van der Waals surface area contributed by atoms with E-state index in [0.29, 0.717) is 0 Å². The summed E-state index contributed by atoms with van der Waals surface area (Å²) in [5.74, 6) is -0.0341. The van der Waals surface area contributed by atoms with E-state index in [-0.39, 0.29) is 17.9 Å². The number of aromatic nitrogens is 1. The van der Waals surface area contributed by atoms with Crippen LogP contribution < -0.4 is 5.32 Å². The van der Waals surface area contributed by atoms with Crippen molar-refractivity contribution in [3.63, 3.8) is 0 Å². The number of carbonyl (C=O) groups excluding carboxylic acids is 1. The number of hydrogen-bond acceptors (Lipinski definition) is 2. The zero-order valence-electron chi connectivity index (χ0n) is 21.5. The molecule has 0 unspecified atom stereocenters. The molecule has 186 valence electrons. The highest BCUT2D eigenvalue weighted by molar-refractivity contribution is 6.03. The van der Waals surface area contributed by atoms with E-state index in [0.717, 1.165) is 48.3 Å². The van der Waals surface area contributed by atoms with Gasteiger partial charge >= 0.3 is 0 Å². The van der Waals surface area contributed by atoms with Gasteiger partial charge in [0.05, 0.1) is 0 Å². The SMILES string of the molecule is CC(C)NC(=O)c1c(C(c2ccccc2)c2ccccc2)c2ccccc2n1CCN1CCCCC1. The van der Waals surface area contributed by atoms with Crippen molar-refractivity contribution in [1.82, 2.24) is 14.8 Å². The number of nitrogens with one attached hydrogen (secondary N) is 1. The molecule has 0 bridgehead atoms. The number of hydrogen-bond donors (Lipinski definition) is 1. The maximum atomic E-state index is 13.9. The second-order valence-electron chi connectivity index (χ2n) is 10.2. The molecule has 1 fully saturated rings. The molecule has 1 amide bonds. The fourth-order valence-electron chi connectivity index (χ4n) is 5.67. The Bertz CT molecular complexity index is 1250. The fourth-order valence-corrected chi connectivity index (χ4v) is 5.67. The smallest absolute Gasteiger partial charge is 0.268 e. The summed E-state index contributed by atoms with van der Waals surface area (Å²) in [7, 11) is 0. The maximum Gasteiger partial charge on any atom is 0.268 e. The second-order valence-corrected chi connectivity index (χ2v) is 10.2. The molecule has 4 nitrogen and oxygen atoms in total. The van der Waals surface area contributed by atoms with Gasteiger partial charge in [0, 0.05) is 41.5 Å². The predicted molar refractivity (Wildman–Crippen MR) is 149 cm³/mol. The van der Waals surface area contributed by atoms with Gasteiger partial charge < -0.3 is 14.8 Å². The molecule has 5 rings (SSSR count). The number of rotatable bonds is 8. The summed E-state index contributed by atoms with van der Waals surface area (Å²) in [6.45, 7) is 8.12. The Kier molecular flexibility index (Phi) is 7.52. The first-order chi connectivity index (χ1) is 17.6. The van der Waals surface area contributed by atoms with Crippen LogP contribution in [0.5, 0.6) is 0 Å². The summed E-state index contributed by atoms with van der Waals surface area (Å²) in [5.41, 5.74) is 5.41. The Labute approximate surface area is 214 Å². The van der Waals surface area contributed by atoms with Gasteiger partial charge in [0.15, 0.2) is 0 Å². The Morgan fingerprint density at radius 2 is 1.36 bits per heavy atom. The van der Waals surface area contributed by atoms with Gasteiger partial charge in [-0.3, -0.25) is 4.79 Å². The van der Waals surface area contributed by atoms with Gasteiger partial charge in [0.2, 0.25) is 0 Å². The number of likely N-dealkylation sites (tertiary alicyclic amines) is 1. The van der Waals surface area contributed by atoms with Gasteiger partial charge in [-0.2, -0.15) is 0 Å². The van der Waals surface area contributed by atoms with Crippen LogP contribution in [0, 0.1) is 0 Å². The lowest BCUT2D eigenvalue weighted by molar-refractivity contribution is 0.0932. The van der Waals surface area contributed by atoms with Gasteiger partial charge in [0.1, 0.15) is 5.69 Å². The highest BCUT2D eigenvalue weighted by Crippen LogP contribution is 2.40. The molecule has 1 aromatic heterocycles. The number of amides is 1. The van der Waals surface area contributed by atoms with Crippen molar-refractivity contribution >= 4 is 16.8 Å². The third kappa shape index (κ3) is 5.10. The van der Waals surface area contributed by atoms with Crippen LogP contribution in [-0.2, 0) is 6.54 Å². The molecule has 0 aliphatic carbocycles. The molecule has 0 atom stereocenters. The van der Waals surface area contributed by atoms with E-state index in [1.165, 1.54) is 30.4 Å². The lowest BCUT2D eigenvalue weighted by atomic mass is 9.83. The second kappa shape index (κ2) is 11.1. The van der Waals surface area contributed by atoms with Crippen LogP contribution in [0.2, 0.25) is 0 Å². The predicted octanol–water partition coefficient (Wildman–Crippen LogP) is 6.45. The summed E-state index contributed by atoms with van der Waals surface area (Å²) in [5, 5.41) is 4.38. The van der Waals surface area contributed by atoms with E-state index in [4.69, 9.17) is 0 Å². The van der Waals surface area contributed by atoms with E-state index < -0.39 is 0 Å². The number of para-hydroxylation sites is 1. The molecular weight excluding hydrogens is 442 g/mol. The van der Waals surface area contributed by atoms with Crippen LogP contribution in [0.3, 0.4) is 0 Å². The monoisotopic (exact) mass is 479 g/mol. The van der Waals surface area contributed by atoms with Crippen LogP contribution in [0.25, 0.3) is 10.9 Å². The Hall–Kier alpha value is -3.37. The number of benzene rings is 3. The molecule has 0 spiro atoms. The first kappa shape index (κ1) is 24.3. The summed E-state index contributed by atoms with van der Waals surface area (Å²) < 4.78 is 2.29. The van der Waals surface area contributed by atoms with Gasteiger partial charge in [-0.05, 0) is 57.0 Å². The summed E-state index contributed by atoms with van der Waals surface area (Å²) in [6, 6.07) is 29.8. The average molecular weight is 480 g/mol. The minimum atomic E-state index is -0.0403. The van der Waals surface area contributed by atoms with Gasteiger partial charge in [-0.1, -0.05) is 85.3 Å². The Balaban J connectivity index is 1.72. The molecule has 0 radical (unpaired) electrons. The van der Waals surface area contributed by atoms with Gasteiger partial charge in [-0.15, -0.1) is 0 Å². The lowest BCUT2D eigenvalue weighted by Crippen LogP contribution is -2.35. The van der Waals surface area contributed by atoms with Gasteiger partial charge in [-0.25, -0.2) is 0 Å². The minimum absolute atomic E-state index is 0.00621. The molecule has 1 N–H and O–H groups in total. The van der Waals surface area contributed by atoms with Crippen molar-refractivity contribution < 1.29 is 4.79 Å². The zero-order valence-corrected chi connectivity index (χ0v) is 21.5. The quantitative estimate of drug-likeness (QED) is 0.315. The largest absolute Gasteiger partial charge is 0.349 e. The average Bonchev–Trinajstić information content (AvgIpc) is 3.23. The van der Waals surface area contributed by atoms with E-state index in [2.05, 4.69) is 99.7 Å². The molecule has 1 saturated heterocycles. The highest BCUT2D eigenvalue weighted by Gasteiger charge is 2.30. The number of fused-ring (bicyclic) bond motifs is 1. The van der Waals surface area contributed by atoms with Crippen LogP contribution >= 0.6 is 0 Å². The van der Waals surface area contributed by atoms with E-state index in [1.54, 1.807) is 0 Å². The fraction of sp³-hybridized carbons (Fsp3) is 0.344. The molecular formula is C32H37N3O. The van der Waals surface area contributed by atoms with E-state index in [9.17, 15) is 4.79 Å². The maximum absolute atomic E-state index is 13.9. The third-order valence-electron chi connectivity index (χ3n) is 7.29. The van der Waals surface area contributed by atoms with E-state index in [1.807, 2.05) is 13.8 Å². The van der Waals surface area contributed by atoms with Crippen molar-refractivity contribution in [1.29, 1.82) is 0 Å². The molecule has 3 aromatic carbocycles. The lowest BCUT2D eigenvalue weighted by Gasteiger charge is -2.27. The highest BCUT2D eigenvalue weighted by atomic mass is 16.2. The van der Waals surface area contributed by atoms with Crippen molar-refractivity contribution in [3.05, 3.63) is 107 Å². The third-order valence-corrected chi connectivity index (χ3v) is 7.29. The van der Waals surface area contributed by atoms with Gasteiger partial charge in [0.25, 0.3) is 5.91 Å². The standard InChI is InChI=1S/C32H37N3O/c1-24(2)33-32(36)31-30(29(25-14-6-3-7-15-25)26-16-8-4-9-17-26)27-18-10-11-19-28(27)35(31)23-22-34-20-12-5-13-21-34/h3-4,6-11,14-19,24,29H,5,12-13,20-23H2,1-2H3,(H,33,36). The zero-order chi connectivity index (χ0) is 24.9. The molecule has 4 heteroatoms. The summed E-state index contributed by atoms with van der Waals surface area (Å²) in [4.78, 5) is 16.5. The van der Waals surface area contributed by atoms with E-state index >= 15 is 0 Å². The van der Waals surface area contributed by atoms with Crippen molar-refractivity contribution in [3.8, 4) is 0 Å². The summed E-state index contributed by atoms with van der Waals surface area (Å²) in [6.07, 6.45) is 3.86. The molecule has 1 aliphatic heterocycles. The van der Waals surface area contributed by atoms with Crippen molar-refractivity contribution in [2.45, 2.75) is 51.6 Å². The van der Waals surface area contributed by atoms with Crippen LogP contribution in [0.15, 0.2) is 84.9 Å². The molecule has 2 heterocycles. The topological polar surface area (TPSA) is 37.3 Å². The number of piperidine rings is 1. The number of carbonyl (C=O) groups is 1.